The highest BCUT2D eigenvalue weighted by molar-refractivity contribution is 7.99. The second-order valence-electron chi connectivity index (χ2n) is 3.38. The molecule has 0 aromatic rings. The molecule has 0 saturated heterocycles. The second kappa shape index (κ2) is 8.26. The minimum Gasteiger partial charge on any atom is -0.385 e. The third-order valence-electron chi connectivity index (χ3n) is 1.73. The molecule has 0 bridgehead atoms. The maximum atomic E-state index is 5.34. The number of aliphatic imine (C=N–C) groups is 1. The Labute approximate surface area is 91.3 Å². The smallest absolute Gasteiger partial charge is 0.0996 e. The van der Waals surface area contributed by atoms with Gasteiger partial charge in [-0.05, 0) is 26.5 Å². The number of methoxy groups -OCH3 is 1. The number of hydrogen-bond acceptors (Lipinski definition) is 4. The van der Waals surface area contributed by atoms with E-state index in [0.29, 0.717) is 6.61 Å². The molecule has 14 heavy (non-hydrogen) atoms. The van der Waals surface area contributed by atoms with Crippen molar-refractivity contribution in [1.82, 2.24) is 0 Å². The van der Waals surface area contributed by atoms with Gasteiger partial charge in [-0.3, -0.25) is 4.99 Å². The van der Waals surface area contributed by atoms with Crippen LogP contribution in [0.3, 0.4) is 0 Å². The molecule has 0 heterocycles. The lowest BCUT2D eigenvalue weighted by Gasteiger charge is -2.15. The van der Waals surface area contributed by atoms with Gasteiger partial charge in [0, 0.05) is 26.5 Å². The fourth-order valence-electron chi connectivity index (χ4n) is 0.751. The zero-order valence-corrected chi connectivity index (χ0v) is 10.4. The van der Waals surface area contributed by atoms with Gasteiger partial charge in [0.1, 0.15) is 0 Å². The molecule has 0 aliphatic heterocycles. The summed E-state index contributed by atoms with van der Waals surface area (Å²) in [5.74, 6) is 0. The van der Waals surface area contributed by atoms with Gasteiger partial charge in [-0.25, -0.2) is 0 Å². The number of ether oxygens (including phenoxy) is 2. The summed E-state index contributed by atoms with van der Waals surface area (Å²) in [4.78, 5) is 4.34. The Kier molecular flexibility index (Phi) is 8.23. The molecule has 0 radical (unpaired) electrons. The van der Waals surface area contributed by atoms with Gasteiger partial charge in [0.25, 0.3) is 0 Å². The Morgan fingerprint density at radius 2 is 2.07 bits per heavy atom. The van der Waals surface area contributed by atoms with Crippen LogP contribution in [0.15, 0.2) is 4.99 Å². The minimum absolute atomic E-state index is 0.0319. The molecule has 3 nitrogen and oxygen atoms in total. The number of hydrogen-bond donors (Lipinski definition) is 0. The molecule has 0 aromatic carbocycles. The van der Waals surface area contributed by atoms with Crippen molar-refractivity contribution in [1.29, 1.82) is 0 Å². The van der Waals surface area contributed by atoms with E-state index in [1.54, 1.807) is 18.9 Å². The van der Waals surface area contributed by atoms with Gasteiger partial charge in [0.15, 0.2) is 0 Å². The van der Waals surface area contributed by atoms with Crippen molar-refractivity contribution in [2.75, 3.05) is 33.2 Å². The summed E-state index contributed by atoms with van der Waals surface area (Å²) in [5, 5.41) is 0. The van der Waals surface area contributed by atoms with E-state index < -0.39 is 0 Å². The maximum Gasteiger partial charge on any atom is 0.0996 e. The fourth-order valence-corrected chi connectivity index (χ4v) is 0.931. The van der Waals surface area contributed by atoms with Crippen molar-refractivity contribution in [2.24, 2.45) is 4.99 Å². The summed E-state index contributed by atoms with van der Waals surface area (Å²) in [5.41, 5.74) is 0. The molecule has 84 valence electrons. The lowest BCUT2D eigenvalue weighted by molar-refractivity contribution is 0.126. The van der Waals surface area contributed by atoms with Gasteiger partial charge >= 0.3 is 0 Å². The van der Waals surface area contributed by atoms with E-state index in [1.807, 2.05) is 6.21 Å². The molecule has 0 atom stereocenters. The van der Waals surface area contributed by atoms with E-state index in [4.69, 9.17) is 9.47 Å². The first-order valence-electron chi connectivity index (χ1n) is 4.78. The van der Waals surface area contributed by atoms with Crippen LogP contribution >= 0.6 is 11.8 Å². The molecule has 0 aromatic heterocycles. The van der Waals surface area contributed by atoms with Crippen LogP contribution in [0, 0.1) is 0 Å². The SMILES string of the molecule is COCCCOCC=NC(C)(C)SC. The summed E-state index contributed by atoms with van der Waals surface area (Å²) >= 11 is 1.73. The molecule has 0 amide bonds. The van der Waals surface area contributed by atoms with Gasteiger partial charge in [0.2, 0.25) is 0 Å². The van der Waals surface area contributed by atoms with Crippen LogP contribution in [-0.2, 0) is 9.47 Å². The summed E-state index contributed by atoms with van der Waals surface area (Å²) in [7, 11) is 1.70. The zero-order chi connectivity index (χ0) is 10.9. The molecule has 0 fully saturated rings. The van der Waals surface area contributed by atoms with Crippen LogP contribution in [0.2, 0.25) is 0 Å². The third-order valence-corrected chi connectivity index (χ3v) is 2.84. The molecule has 4 heteroatoms. The molecule has 0 aliphatic rings. The summed E-state index contributed by atoms with van der Waals surface area (Å²) in [6, 6.07) is 0. The number of rotatable bonds is 8. The predicted octanol–water partition coefficient (Wildman–Crippen LogP) is 2.21. The first-order chi connectivity index (χ1) is 6.62. The Morgan fingerprint density at radius 1 is 1.36 bits per heavy atom. The average molecular weight is 219 g/mol. The van der Waals surface area contributed by atoms with E-state index in [0.717, 1.165) is 19.6 Å². The van der Waals surface area contributed by atoms with E-state index >= 15 is 0 Å². The monoisotopic (exact) mass is 219 g/mol. The molecule has 0 aliphatic carbocycles. The topological polar surface area (TPSA) is 30.8 Å². The first-order valence-corrected chi connectivity index (χ1v) is 6.00. The van der Waals surface area contributed by atoms with Gasteiger partial charge in [-0.2, -0.15) is 0 Å². The van der Waals surface area contributed by atoms with Crippen molar-refractivity contribution < 1.29 is 9.47 Å². The first kappa shape index (κ1) is 13.9. The minimum atomic E-state index is -0.0319. The molecular weight excluding hydrogens is 198 g/mol. The average Bonchev–Trinajstić information content (AvgIpc) is 2.16. The lowest BCUT2D eigenvalue weighted by Crippen LogP contribution is -2.11. The van der Waals surface area contributed by atoms with Crippen LogP contribution in [0.25, 0.3) is 0 Å². The highest BCUT2D eigenvalue weighted by Gasteiger charge is 2.10. The van der Waals surface area contributed by atoms with Crippen molar-refractivity contribution >= 4 is 18.0 Å². The molecule has 0 saturated carbocycles. The van der Waals surface area contributed by atoms with Crippen LogP contribution in [0.5, 0.6) is 0 Å². The van der Waals surface area contributed by atoms with E-state index in [-0.39, 0.29) is 4.87 Å². The van der Waals surface area contributed by atoms with Crippen LogP contribution < -0.4 is 0 Å². The summed E-state index contributed by atoms with van der Waals surface area (Å²) < 4.78 is 10.2. The highest BCUT2D eigenvalue weighted by Crippen LogP contribution is 2.21. The largest absolute Gasteiger partial charge is 0.385 e. The molecule has 0 unspecified atom stereocenters. The second-order valence-corrected chi connectivity index (χ2v) is 4.79. The van der Waals surface area contributed by atoms with Gasteiger partial charge < -0.3 is 9.47 Å². The summed E-state index contributed by atoms with van der Waals surface area (Å²) in [6.07, 6.45) is 4.83. The van der Waals surface area contributed by atoms with Crippen molar-refractivity contribution in [3.8, 4) is 0 Å². The Bertz CT molecular complexity index is 160. The van der Waals surface area contributed by atoms with Gasteiger partial charge in [-0.15, -0.1) is 11.8 Å². The number of nitrogens with zero attached hydrogens (tertiary/aromatic N) is 1. The van der Waals surface area contributed by atoms with Crippen LogP contribution in [0.4, 0.5) is 0 Å². The van der Waals surface area contributed by atoms with E-state index in [2.05, 4.69) is 25.1 Å². The zero-order valence-electron chi connectivity index (χ0n) is 9.58. The Hall–Kier alpha value is -0.0600. The van der Waals surface area contributed by atoms with Crippen LogP contribution in [-0.4, -0.2) is 44.3 Å². The molecule has 0 spiro atoms. The third kappa shape index (κ3) is 8.53. The van der Waals surface area contributed by atoms with Crippen molar-refractivity contribution in [3.05, 3.63) is 0 Å². The quantitative estimate of drug-likeness (QED) is 0.463. The van der Waals surface area contributed by atoms with Gasteiger partial charge in [0.05, 0.1) is 11.5 Å². The van der Waals surface area contributed by atoms with Crippen LogP contribution in [0.1, 0.15) is 20.3 Å². The highest BCUT2D eigenvalue weighted by atomic mass is 32.2. The Morgan fingerprint density at radius 3 is 2.64 bits per heavy atom. The van der Waals surface area contributed by atoms with E-state index in [9.17, 15) is 0 Å². The normalized spacial score (nSPS) is 12.6. The predicted molar refractivity (Wildman–Crippen MR) is 63.4 cm³/mol. The van der Waals surface area contributed by atoms with Crippen molar-refractivity contribution in [3.63, 3.8) is 0 Å². The summed E-state index contributed by atoms with van der Waals surface area (Å²) in [6.45, 7) is 6.25. The Balaban J connectivity index is 3.35. The lowest BCUT2D eigenvalue weighted by atomic mass is 10.4. The van der Waals surface area contributed by atoms with Gasteiger partial charge in [-0.1, -0.05) is 0 Å². The fraction of sp³-hybridized carbons (Fsp3) is 0.900. The molecule has 0 rings (SSSR count). The molecular formula is C10H21NO2S. The number of thioether (sulfide) groups is 1. The van der Waals surface area contributed by atoms with E-state index in [1.165, 1.54) is 0 Å². The van der Waals surface area contributed by atoms with Crippen molar-refractivity contribution in [2.45, 2.75) is 25.1 Å². The standard InChI is InChI=1S/C10H21NO2S/c1-10(2,14-4)11-6-9-13-8-5-7-12-3/h6H,5,7-9H2,1-4H3. The molecule has 0 N–H and O–H groups in total. The maximum absolute atomic E-state index is 5.34.